The average Bonchev–Trinajstić information content (AvgIpc) is 3.64. The summed E-state index contributed by atoms with van der Waals surface area (Å²) in [6, 6.07) is 19.1. The highest BCUT2D eigenvalue weighted by molar-refractivity contribution is 7.07. The van der Waals surface area contributed by atoms with Gasteiger partial charge in [-0.05, 0) is 73.0 Å². The van der Waals surface area contributed by atoms with Crippen LogP contribution in [0.25, 0.3) is 6.08 Å². The van der Waals surface area contributed by atoms with Gasteiger partial charge in [-0.1, -0.05) is 54.5 Å². The lowest BCUT2D eigenvalue weighted by molar-refractivity contribution is -0.139. The standard InChI is InChI=1S/C34H28ClN3O6S/c1-3-5-25-30(33(40)41-4-2)31(22-10-12-27-28(15-22)44-19-43-27)38-32(39)29(45-34(38)37-25)16-23-14-24(35)11-13-26(23)42-18-21-8-6-20(17-36)7-9-21/h6-16,31H,3-5,18-19H2,1-2H3/b29-16+/t31-/m1/s1. The molecule has 45 heavy (non-hydrogen) atoms. The molecule has 2 aliphatic rings. The van der Waals surface area contributed by atoms with Crippen molar-refractivity contribution in [1.82, 2.24) is 4.57 Å². The van der Waals surface area contributed by atoms with Crippen molar-refractivity contribution in [2.24, 2.45) is 4.99 Å². The van der Waals surface area contributed by atoms with Crippen LogP contribution in [0, 0.1) is 11.3 Å². The third-order valence-electron chi connectivity index (χ3n) is 7.34. The number of aromatic nitrogens is 1. The van der Waals surface area contributed by atoms with Crippen LogP contribution in [0.15, 0.2) is 81.7 Å². The second-order valence-electron chi connectivity index (χ2n) is 10.3. The molecule has 2 aliphatic heterocycles. The van der Waals surface area contributed by atoms with Crippen LogP contribution >= 0.6 is 22.9 Å². The number of rotatable bonds is 9. The van der Waals surface area contributed by atoms with Gasteiger partial charge in [-0.3, -0.25) is 9.36 Å². The quantitative estimate of drug-likeness (QED) is 0.225. The van der Waals surface area contributed by atoms with E-state index in [0.29, 0.717) is 66.0 Å². The zero-order valence-corrected chi connectivity index (χ0v) is 26.1. The molecule has 0 aliphatic carbocycles. The first kappa shape index (κ1) is 30.2. The summed E-state index contributed by atoms with van der Waals surface area (Å²) in [5.41, 5.74) is 3.32. The van der Waals surface area contributed by atoms with Gasteiger partial charge < -0.3 is 18.9 Å². The minimum Gasteiger partial charge on any atom is -0.488 e. The summed E-state index contributed by atoms with van der Waals surface area (Å²) in [6.07, 6.45) is 3.00. The summed E-state index contributed by atoms with van der Waals surface area (Å²) in [7, 11) is 0. The van der Waals surface area contributed by atoms with Gasteiger partial charge in [-0.15, -0.1) is 0 Å². The number of ether oxygens (including phenoxy) is 4. The Kier molecular flexibility index (Phi) is 8.74. The predicted molar refractivity (Wildman–Crippen MR) is 169 cm³/mol. The summed E-state index contributed by atoms with van der Waals surface area (Å²) in [4.78, 5) is 33.0. The summed E-state index contributed by atoms with van der Waals surface area (Å²) in [5.74, 6) is 1.14. The zero-order chi connectivity index (χ0) is 31.5. The molecule has 9 nitrogen and oxygen atoms in total. The van der Waals surface area contributed by atoms with Gasteiger partial charge in [0.1, 0.15) is 12.4 Å². The van der Waals surface area contributed by atoms with Crippen LogP contribution in [0.2, 0.25) is 5.02 Å². The highest BCUT2D eigenvalue weighted by atomic mass is 35.5. The Morgan fingerprint density at radius 2 is 1.93 bits per heavy atom. The van der Waals surface area contributed by atoms with Gasteiger partial charge in [0.05, 0.1) is 40.1 Å². The van der Waals surface area contributed by atoms with Gasteiger partial charge in [0.25, 0.3) is 5.56 Å². The van der Waals surface area contributed by atoms with E-state index in [1.54, 1.807) is 60.0 Å². The van der Waals surface area contributed by atoms with Gasteiger partial charge in [0.15, 0.2) is 16.3 Å². The molecule has 0 spiro atoms. The Bertz CT molecular complexity index is 2040. The first-order chi connectivity index (χ1) is 21.9. The molecule has 0 unspecified atom stereocenters. The lowest BCUT2D eigenvalue weighted by Gasteiger charge is -2.25. The van der Waals surface area contributed by atoms with E-state index >= 15 is 0 Å². The molecule has 0 fully saturated rings. The number of benzene rings is 3. The van der Waals surface area contributed by atoms with Gasteiger partial charge in [0.2, 0.25) is 6.79 Å². The lowest BCUT2D eigenvalue weighted by Crippen LogP contribution is -2.40. The number of nitriles is 1. The van der Waals surface area contributed by atoms with Crippen LogP contribution in [0.1, 0.15) is 55.0 Å². The van der Waals surface area contributed by atoms with Crippen molar-refractivity contribution >= 4 is 35.0 Å². The summed E-state index contributed by atoms with van der Waals surface area (Å²) in [5, 5.41) is 9.56. The molecule has 11 heteroatoms. The van der Waals surface area contributed by atoms with Gasteiger partial charge in [-0.2, -0.15) is 5.26 Å². The minimum absolute atomic E-state index is 0.0957. The fourth-order valence-electron chi connectivity index (χ4n) is 5.26. The molecule has 228 valence electrons. The maximum Gasteiger partial charge on any atom is 0.338 e. The third-order valence-corrected chi connectivity index (χ3v) is 8.56. The Labute approximate surface area is 267 Å². The molecule has 1 aromatic heterocycles. The number of allylic oxidation sites excluding steroid dienone is 1. The first-order valence-corrected chi connectivity index (χ1v) is 15.6. The topological polar surface area (TPSA) is 112 Å². The van der Waals surface area contributed by atoms with Crippen molar-refractivity contribution in [3.63, 3.8) is 0 Å². The van der Waals surface area contributed by atoms with Crippen molar-refractivity contribution in [2.75, 3.05) is 13.4 Å². The van der Waals surface area contributed by atoms with E-state index in [4.69, 9.17) is 40.8 Å². The second-order valence-corrected chi connectivity index (χ2v) is 11.8. The smallest absolute Gasteiger partial charge is 0.338 e. The maximum absolute atomic E-state index is 14.2. The molecule has 0 saturated carbocycles. The summed E-state index contributed by atoms with van der Waals surface area (Å²) < 4.78 is 24.7. The number of hydrogen-bond donors (Lipinski definition) is 0. The SMILES string of the molecule is CCCC1=C(C(=O)OCC)[C@@H](c2ccc3c(c2)OCO3)n2c(s/c(=C/c3cc(Cl)ccc3OCc3ccc(C#N)cc3)c2=O)=N1. The van der Waals surface area contributed by atoms with Crippen molar-refractivity contribution < 1.29 is 23.7 Å². The molecule has 0 radical (unpaired) electrons. The number of esters is 1. The lowest BCUT2D eigenvalue weighted by atomic mass is 9.94. The molecule has 0 bridgehead atoms. The Morgan fingerprint density at radius 3 is 2.69 bits per heavy atom. The fourth-order valence-corrected chi connectivity index (χ4v) is 6.45. The third kappa shape index (κ3) is 6.10. The fraction of sp³-hybridized carbons (Fsp3) is 0.235. The average molecular weight is 642 g/mol. The molecular formula is C34H28ClN3O6S. The van der Waals surface area contributed by atoms with Crippen LogP contribution in [-0.4, -0.2) is 23.9 Å². The molecule has 3 heterocycles. The maximum atomic E-state index is 14.2. The van der Waals surface area contributed by atoms with Crippen LogP contribution in [0.5, 0.6) is 17.2 Å². The monoisotopic (exact) mass is 641 g/mol. The normalized spacial score (nSPS) is 15.3. The van der Waals surface area contributed by atoms with E-state index in [-0.39, 0.29) is 25.6 Å². The minimum atomic E-state index is -0.787. The van der Waals surface area contributed by atoms with E-state index in [1.165, 1.54) is 11.3 Å². The molecular weight excluding hydrogens is 614 g/mol. The van der Waals surface area contributed by atoms with E-state index in [1.807, 2.05) is 25.1 Å². The van der Waals surface area contributed by atoms with Crippen LogP contribution in [-0.2, 0) is 16.1 Å². The first-order valence-electron chi connectivity index (χ1n) is 14.4. The number of nitrogens with zero attached hydrogens (tertiary/aromatic N) is 3. The van der Waals surface area contributed by atoms with E-state index in [9.17, 15) is 9.59 Å². The summed E-state index contributed by atoms with van der Waals surface area (Å²) in [6.45, 7) is 4.28. The van der Waals surface area contributed by atoms with Crippen LogP contribution < -0.4 is 29.1 Å². The van der Waals surface area contributed by atoms with Gasteiger partial charge in [0, 0.05) is 10.6 Å². The van der Waals surface area contributed by atoms with Crippen molar-refractivity contribution in [2.45, 2.75) is 39.3 Å². The Hall–Kier alpha value is -4.85. The Balaban J connectivity index is 1.47. The van der Waals surface area contributed by atoms with Gasteiger partial charge in [-0.25, -0.2) is 9.79 Å². The van der Waals surface area contributed by atoms with Crippen molar-refractivity contribution in [3.05, 3.63) is 119 Å². The molecule has 3 aromatic carbocycles. The molecule has 6 rings (SSSR count). The largest absolute Gasteiger partial charge is 0.488 e. The highest BCUT2D eigenvalue weighted by Crippen LogP contribution is 2.39. The van der Waals surface area contributed by atoms with E-state index in [0.717, 1.165) is 12.0 Å². The van der Waals surface area contributed by atoms with Crippen molar-refractivity contribution in [1.29, 1.82) is 5.26 Å². The van der Waals surface area contributed by atoms with Crippen LogP contribution in [0.4, 0.5) is 0 Å². The number of hydrogen-bond acceptors (Lipinski definition) is 9. The molecule has 0 amide bonds. The second kappa shape index (κ2) is 13.0. The zero-order valence-electron chi connectivity index (χ0n) is 24.5. The molecule has 0 saturated heterocycles. The van der Waals surface area contributed by atoms with E-state index in [2.05, 4.69) is 6.07 Å². The number of fused-ring (bicyclic) bond motifs is 2. The van der Waals surface area contributed by atoms with Crippen LogP contribution in [0.3, 0.4) is 0 Å². The molecule has 0 N–H and O–H groups in total. The Morgan fingerprint density at radius 1 is 1.13 bits per heavy atom. The van der Waals surface area contributed by atoms with E-state index < -0.39 is 12.0 Å². The van der Waals surface area contributed by atoms with Crippen molar-refractivity contribution in [3.8, 4) is 23.3 Å². The number of halogens is 1. The summed E-state index contributed by atoms with van der Waals surface area (Å²) >= 11 is 7.60. The molecule has 1 atom stereocenters. The highest BCUT2D eigenvalue weighted by Gasteiger charge is 2.35. The number of thiazole rings is 1. The predicted octanol–water partition coefficient (Wildman–Crippen LogP) is 5.41. The number of carbonyl (C=O) groups is 1. The molecule has 4 aromatic rings. The van der Waals surface area contributed by atoms with Gasteiger partial charge >= 0.3 is 5.97 Å². The number of carbonyl (C=O) groups excluding carboxylic acids is 1.